The summed E-state index contributed by atoms with van der Waals surface area (Å²) < 4.78 is 19.9. The third-order valence-electron chi connectivity index (χ3n) is 4.69. The average molecular weight is 377 g/mol. The number of benzene rings is 2. The molecule has 0 bridgehead atoms. The Bertz CT molecular complexity index is 1060. The van der Waals surface area contributed by atoms with Crippen LogP contribution < -0.4 is 0 Å². The molecule has 1 aromatic heterocycles. The Morgan fingerprint density at radius 3 is 2.39 bits per heavy atom. The number of Topliss-reactive ketones (excluding diaryl/α,β-unsaturated/α-hetero) is 1. The molecule has 0 aliphatic carbocycles. The Morgan fingerprint density at radius 2 is 1.71 bits per heavy atom. The number of ketones is 1. The smallest absolute Gasteiger partial charge is 0.296 e. The van der Waals surface area contributed by atoms with E-state index in [2.05, 4.69) is 0 Å². The van der Waals surface area contributed by atoms with E-state index in [9.17, 15) is 19.1 Å². The van der Waals surface area contributed by atoms with Crippen LogP contribution in [0.2, 0.25) is 0 Å². The Morgan fingerprint density at radius 1 is 1.00 bits per heavy atom. The van der Waals surface area contributed by atoms with Gasteiger partial charge in [0.1, 0.15) is 17.3 Å². The summed E-state index contributed by atoms with van der Waals surface area (Å²) >= 11 is 0. The lowest BCUT2D eigenvalue weighted by atomic mass is 9.95. The third kappa shape index (κ3) is 2.99. The number of amides is 1. The molecule has 1 aliphatic heterocycles. The lowest BCUT2D eigenvalue weighted by Gasteiger charge is -2.24. The van der Waals surface area contributed by atoms with Crippen molar-refractivity contribution in [3.05, 3.63) is 101 Å². The normalized spacial score (nSPS) is 18.6. The largest absolute Gasteiger partial charge is 0.507 e. The minimum absolute atomic E-state index is 0.0257. The number of nitrogens with zero attached hydrogens (tertiary/aromatic N) is 1. The van der Waals surface area contributed by atoms with Gasteiger partial charge in [0.25, 0.3) is 11.7 Å². The first kappa shape index (κ1) is 17.7. The van der Waals surface area contributed by atoms with Gasteiger partial charge < -0.3 is 14.4 Å². The third-order valence-corrected chi connectivity index (χ3v) is 4.69. The van der Waals surface area contributed by atoms with Gasteiger partial charge in [-0.2, -0.15) is 0 Å². The van der Waals surface area contributed by atoms with E-state index < -0.39 is 23.5 Å². The van der Waals surface area contributed by atoms with Crippen LogP contribution in [0.1, 0.15) is 22.9 Å². The molecule has 5 nitrogen and oxygen atoms in total. The van der Waals surface area contributed by atoms with Crippen LogP contribution in [0.3, 0.4) is 0 Å². The second-order valence-corrected chi connectivity index (χ2v) is 6.39. The van der Waals surface area contributed by atoms with E-state index in [1.54, 1.807) is 48.5 Å². The number of halogens is 1. The second-order valence-electron chi connectivity index (χ2n) is 6.39. The van der Waals surface area contributed by atoms with Crippen LogP contribution in [0.4, 0.5) is 4.39 Å². The molecule has 6 heteroatoms. The molecule has 140 valence electrons. The zero-order valence-electron chi connectivity index (χ0n) is 14.7. The van der Waals surface area contributed by atoms with Crippen molar-refractivity contribution in [2.75, 3.05) is 0 Å². The van der Waals surface area contributed by atoms with Gasteiger partial charge in [0.15, 0.2) is 0 Å². The molecule has 1 atom stereocenters. The molecule has 1 N–H and O–H groups in total. The maximum absolute atomic E-state index is 14.6. The van der Waals surface area contributed by atoms with Gasteiger partial charge in [-0.1, -0.05) is 48.5 Å². The van der Waals surface area contributed by atoms with Crippen molar-refractivity contribution in [2.45, 2.75) is 12.6 Å². The summed E-state index contributed by atoms with van der Waals surface area (Å²) in [5.74, 6) is -2.14. The van der Waals surface area contributed by atoms with Crippen molar-refractivity contribution in [2.24, 2.45) is 0 Å². The Labute approximate surface area is 160 Å². The topological polar surface area (TPSA) is 70.8 Å². The van der Waals surface area contributed by atoms with E-state index in [1.807, 2.05) is 0 Å². The molecule has 4 rings (SSSR count). The van der Waals surface area contributed by atoms with Crippen LogP contribution in [0.5, 0.6) is 0 Å². The number of aliphatic hydroxyl groups excluding tert-OH is 1. The maximum Gasteiger partial charge on any atom is 0.296 e. The molecule has 2 aromatic carbocycles. The summed E-state index contributed by atoms with van der Waals surface area (Å²) in [4.78, 5) is 26.7. The summed E-state index contributed by atoms with van der Waals surface area (Å²) in [5, 5.41) is 10.8. The zero-order valence-corrected chi connectivity index (χ0v) is 14.7. The highest BCUT2D eigenvalue weighted by atomic mass is 19.1. The number of rotatable bonds is 4. The molecule has 1 aliphatic rings. The van der Waals surface area contributed by atoms with E-state index in [4.69, 9.17) is 4.42 Å². The number of carbonyl (C=O) groups is 2. The quantitative estimate of drug-likeness (QED) is 0.423. The van der Waals surface area contributed by atoms with Gasteiger partial charge in [0, 0.05) is 11.1 Å². The number of likely N-dealkylation sites (tertiary alicyclic amines) is 1. The molecular weight excluding hydrogens is 361 g/mol. The molecule has 3 aromatic rings. The highest BCUT2D eigenvalue weighted by Crippen LogP contribution is 2.41. The minimum Gasteiger partial charge on any atom is -0.507 e. The molecule has 2 heterocycles. The summed E-state index contributed by atoms with van der Waals surface area (Å²) in [6, 6.07) is 16.6. The molecule has 0 spiro atoms. The van der Waals surface area contributed by atoms with Crippen LogP contribution >= 0.6 is 0 Å². The summed E-state index contributed by atoms with van der Waals surface area (Å²) in [6.07, 6.45) is 1.45. The monoisotopic (exact) mass is 377 g/mol. The highest BCUT2D eigenvalue weighted by molar-refractivity contribution is 6.46. The van der Waals surface area contributed by atoms with Crippen LogP contribution in [0.25, 0.3) is 5.76 Å². The fourth-order valence-electron chi connectivity index (χ4n) is 3.39. The Hall–Kier alpha value is -3.67. The molecule has 0 saturated carbocycles. The Kier molecular flexibility index (Phi) is 4.53. The molecule has 1 amide bonds. The number of hydrogen-bond acceptors (Lipinski definition) is 4. The summed E-state index contributed by atoms with van der Waals surface area (Å²) in [7, 11) is 0. The van der Waals surface area contributed by atoms with E-state index in [1.165, 1.54) is 29.4 Å². The van der Waals surface area contributed by atoms with Crippen molar-refractivity contribution in [1.29, 1.82) is 0 Å². The van der Waals surface area contributed by atoms with Crippen LogP contribution in [-0.2, 0) is 16.1 Å². The van der Waals surface area contributed by atoms with Gasteiger partial charge in [-0.25, -0.2) is 4.39 Å². The van der Waals surface area contributed by atoms with E-state index in [0.29, 0.717) is 11.3 Å². The van der Waals surface area contributed by atoms with Crippen LogP contribution in [0, 0.1) is 5.82 Å². The lowest BCUT2D eigenvalue weighted by Crippen LogP contribution is -2.29. The van der Waals surface area contributed by atoms with Crippen molar-refractivity contribution in [3.8, 4) is 0 Å². The van der Waals surface area contributed by atoms with Gasteiger partial charge in [0.05, 0.1) is 24.4 Å². The zero-order chi connectivity index (χ0) is 19.7. The van der Waals surface area contributed by atoms with Gasteiger partial charge in [0.2, 0.25) is 0 Å². The van der Waals surface area contributed by atoms with E-state index in [0.717, 1.165) is 0 Å². The van der Waals surface area contributed by atoms with Gasteiger partial charge >= 0.3 is 0 Å². The molecule has 28 heavy (non-hydrogen) atoms. The summed E-state index contributed by atoms with van der Waals surface area (Å²) in [5.41, 5.74) is 0.360. The fourth-order valence-corrected chi connectivity index (χ4v) is 3.39. The summed E-state index contributed by atoms with van der Waals surface area (Å²) in [6.45, 7) is -0.0257. The molecular formula is C22H16FNO4. The molecule has 0 radical (unpaired) electrons. The number of furan rings is 1. The highest BCUT2D eigenvalue weighted by Gasteiger charge is 2.47. The molecule has 0 unspecified atom stereocenters. The predicted octanol–water partition coefficient (Wildman–Crippen LogP) is 4.04. The fraction of sp³-hybridized carbons (Fsp3) is 0.0909. The lowest BCUT2D eigenvalue weighted by molar-refractivity contribution is -0.140. The maximum atomic E-state index is 14.6. The van der Waals surface area contributed by atoms with Gasteiger partial charge in [-0.3, -0.25) is 9.59 Å². The number of aliphatic hydroxyl groups is 1. The average Bonchev–Trinajstić information content (AvgIpc) is 3.31. The van der Waals surface area contributed by atoms with Crippen molar-refractivity contribution >= 4 is 17.4 Å². The standard InChI is InChI=1S/C22H16FNO4/c23-17-11-5-4-10-16(17)19-18(20(25)14-7-2-1-3-8-14)21(26)22(27)24(19)13-15-9-6-12-28-15/h1-12,19,25H,13H2/t19-/m1/s1. The molecule has 1 fully saturated rings. The van der Waals surface area contributed by atoms with E-state index >= 15 is 0 Å². The first-order valence-electron chi connectivity index (χ1n) is 8.68. The minimum atomic E-state index is -1.06. The van der Waals surface area contributed by atoms with E-state index in [-0.39, 0.29) is 23.4 Å². The van der Waals surface area contributed by atoms with Crippen LogP contribution in [-0.4, -0.2) is 21.7 Å². The Balaban J connectivity index is 1.90. The van der Waals surface area contributed by atoms with Crippen LogP contribution in [0.15, 0.2) is 83.0 Å². The second kappa shape index (κ2) is 7.15. The number of carbonyl (C=O) groups excluding carboxylic acids is 2. The van der Waals surface area contributed by atoms with Gasteiger partial charge in [-0.05, 0) is 18.2 Å². The SMILES string of the molecule is O=C1C(=O)N(Cc2ccco2)[C@H](c2ccccc2F)C1=C(O)c1ccccc1. The van der Waals surface area contributed by atoms with Gasteiger partial charge in [-0.15, -0.1) is 0 Å². The van der Waals surface area contributed by atoms with Crippen molar-refractivity contribution < 1.29 is 23.5 Å². The van der Waals surface area contributed by atoms with Crippen molar-refractivity contribution in [1.82, 2.24) is 4.90 Å². The predicted molar refractivity (Wildman–Crippen MR) is 99.4 cm³/mol. The number of hydrogen-bond donors (Lipinski definition) is 1. The van der Waals surface area contributed by atoms with Crippen molar-refractivity contribution in [3.63, 3.8) is 0 Å². The first-order chi connectivity index (χ1) is 13.6. The molecule has 1 saturated heterocycles. The first-order valence-corrected chi connectivity index (χ1v) is 8.68.